The lowest BCUT2D eigenvalue weighted by Crippen LogP contribution is -2.43. The minimum Gasteiger partial charge on any atom is -0.442 e. The number of aryl methyl sites for hydroxylation is 1. The minimum absolute atomic E-state index is 0.105. The second kappa shape index (κ2) is 8.35. The van der Waals surface area contributed by atoms with Crippen molar-refractivity contribution in [1.82, 2.24) is 9.78 Å². The zero-order valence-electron chi connectivity index (χ0n) is 19.6. The summed E-state index contributed by atoms with van der Waals surface area (Å²) in [6.45, 7) is 9.20. The van der Waals surface area contributed by atoms with Crippen molar-refractivity contribution in [3.8, 4) is 11.1 Å². The van der Waals surface area contributed by atoms with Crippen molar-refractivity contribution in [3.63, 3.8) is 0 Å². The predicted octanol–water partition coefficient (Wildman–Crippen LogP) is 4.65. The molecule has 0 saturated heterocycles. The highest BCUT2D eigenvalue weighted by molar-refractivity contribution is 5.95. The van der Waals surface area contributed by atoms with Crippen molar-refractivity contribution >= 4 is 17.7 Å². The van der Waals surface area contributed by atoms with E-state index >= 15 is 0 Å². The number of carbonyl (C=O) groups is 2. The van der Waals surface area contributed by atoms with Crippen molar-refractivity contribution < 1.29 is 14.3 Å². The number of benzene rings is 1. The molecule has 2 aliphatic carbocycles. The van der Waals surface area contributed by atoms with E-state index in [4.69, 9.17) is 10.5 Å². The molecule has 1 aromatic carbocycles. The molecule has 2 aliphatic rings. The molecule has 32 heavy (non-hydrogen) atoms. The van der Waals surface area contributed by atoms with Crippen molar-refractivity contribution in [2.24, 2.45) is 23.5 Å². The first-order valence-corrected chi connectivity index (χ1v) is 11.5. The van der Waals surface area contributed by atoms with Crippen LogP contribution in [-0.4, -0.2) is 33.4 Å². The Morgan fingerprint density at radius 2 is 1.66 bits per heavy atom. The standard InChI is InChI=1S/C25H34N4O3/c1-14-20(15(2)29(28-14)24(31)32-25(3,4)5)16-10-12-19(13-11-16)27-23(30)22(26)21(17-6-7-17)18-8-9-18/h10-13,17-18,21-22H,6-9,26H2,1-5H3,(H,27,30)/t22-/m0/s1. The normalized spacial score (nSPS) is 17.3. The average molecular weight is 439 g/mol. The van der Waals surface area contributed by atoms with Crippen LogP contribution in [-0.2, 0) is 9.53 Å². The first kappa shape index (κ1) is 22.5. The van der Waals surface area contributed by atoms with Gasteiger partial charge in [0.25, 0.3) is 0 Å². The fourth-order valence-corrected chi connectivity index (χ4v) is 4.60. The molecule has 2 saturated carbocycles. The lowest BCUT2D eigenvalue weighted by molar-refractivity contribution is -0.118. The van der Waals surface area contributed by atoms with E-state index in [0.717, 1.165) is 22.5 Å². The molecule has 2 aromatic rings. The molecular weight excluding hydrogens is 404 g/mol. The van der Waals surface area contributed by atoms with Crippen LogP contribution in [0.25, 0.3) is 11.1 Å². The lowest BCUT2D eigenvalue weighted by Gasteiger charge is -2.23. The van der Waals surface area contributed by atoms with Crippen LogP contribution in [0.5, 0.6) is 0 Å². The van der Waals surface area contributed by atoms with E-state index in [-0.39, 0.29) is 5.91 Å². The molecule has 2 fully saturated rings. The van der Waals surface area contributed by atoms with Gasteiger partial charge in [0.1, 0.15) is 5.60 Å². The molecule has 3 N–H and O–H groups in total. The fourth-order valence-electron chi connectivity index (χ4n) is 4.60. The summed E-state index contributed by atoms with van der Waals surface area (Å²) < 4.78 is 6.76. The van der Waals surface area contributed by atoms with Gasteiger partial charge in [0.15, 0.2) is 0 Å². The number of hydrogen-bond donors (Lipinski definition) is 2. The number of hydrogen-bond acceptors (Lipinski definition) is 5. The summed E-state index contributed by atoms with van der Waals surface area (Å²) >= 11 is 0. The zero-order valence-corrected chi connectivity index (χ0v) is 19.6. The van der Waals surface area contributed by atoms with E-state index in [2.05, 4.69) is 10.4 Å². The van der Waals surface area contributed by atoms with Gasteiger partial charge in [-0.3, -0.25) is 4.79 Å². The van der Waals surface area contributed by atoms with Gasteiger partial charge in [-0.05, 0) is 95.8 Å². The van der Waals surface area contributed by atoms with Crippen LogP contribution in [0.2, 0.25) is 0 Å². The van der Waals surface area contributed by atoms with Crippen molar-refractivity contribution in [2.45, 2.75) is 71.9 Å². The first-order chi connectivity index (χ1) is 15.0. The molecule has 0 spiro atoms. The van der Waals surface area contributed by atoms with Gasteiger partial charge in [0, 0.05) is 11.3 Å². The molecule has 4 rings (SSSR count). The van der Waals surface area contributed by atoms with Crippen LogP contribution in [0.4, 0.5) is 10.5 Å². The number of nitrogens with zero attached hydrogens (tertiary/aromatic N) is 2. The van der Waals surface area contributed by atoms with E-state index in [1.165, 1.54) is 30.4 Å². The molecular formula is C25H34N4O3. The molecule has 7 nitrogen and oxygen atoms in total. The summed E-state index contributed by atoms with van der Waals surface area (Å²) in [6, 6.07) is 7.14. The molecule has 0 unspecified atom stereocenters. The lowest BCUT2D eigenvalue weighted by atomic mass is 9.89. The molecule has 0 aliphatic heterocycles. The monoisotopic (exact) mass is 438 g/mol. The van der Waals surface area contributed by atoms with Gasteiger partial charge in [0.05, 0.1) is 17.4 Å². The molecule has 1 aromatic heterocycles. The SMILES string of the molecule is Cc1nn(C(=O)OC(C)(C)C)c(C)c1-c1ccc(NC(=O)[C@@H](N)C(C2CC2)C2CC2)cc1. The molecule has 172 valence electrons. The van der Waals surface area contributed by atoms with Gasteiger partial charge >= 0.3 is 6.09 Å². The fraction of sp³-hybridized carbons (Fsp3) is 0.560. The summed E-state index contributed by atoms with van der Waals surface area (Å²) in [5.74, 6) is 1.46. The number of nitrogens with one attached hydrogen (secondary N) is 1. The van der Waals surface area contributed by atoms with Crippen LogP contribution >= 0.6 is 0 Å². The van der Waals surface area contributed by atoms with Crippen LogP contribution in [0.1, 0.15) is 57.8 Å². The average Bonchev–Trinajstić information content (AvgIpc) is 3.62. The largest absolute Gasteiger partial charge is 0.442 e. The van der Waals surface area contributed by atoms with Gasteiger partial charge in [0.2, 0.25) is 5.91 Å². The topological polar surface area (TPSA) is 99.2 Å². The highest BCUT2D eigenvalue weighted by Gasteiger charge is 2.46. The smallest absolute Gasteiger partial charge is 0.435 e. The number of rotatable bonds is 6. The summed E-state index contributed by atoms with van der Waals surface area (Å²) in [5.41, 5.74) is 9.74. The van der Waals surface area contributed by atoms with Crippen LogP contribution in [0, 0.1) is 31.6 Å². The van der Waals surface area contributed by atoms with Gasteiger partial charge in [-0.2, -0.15) is 9.78 Å². The van der Waals surface area contributed by atoms with E-state index in [0.29, 0.717) is 23.4 Å². The van der Waals surface area contributed by atoms with Crippen molar-refractivity contribution in [2.75, 3.05) is 5.32 Å². The number of anilines is 1. The maximum atomic E-state index is 12.8. The van der Waals surface area contributed by atoms with E-state index in [1.807, 2.05) is 58.9 Å². The molecule has 0 radical (unpaired) electrons. The molecule has 0 bridgehead atoms. The number of carbonyl (C=O) groups excluding carboxylic acids is 2. The van der Waals surface area contributed by atoms with Gasteiger partial charge in [-0.15, -0.1) is 0 Å². The maximum absolute atomic E-state index is 12.8. The van der Waals surface area contributed by atoms with Gasteiger partial charge in [-0.25, -0.2) is 4.79 Å². The molecule has 1 heterocycles. The first-order valence-electron chi connectivity index (χ1n) is 11.5. The molecule has 1 atom stereocenters. The Morgan fingerprint density at radius 1 is 1.09 bits per heavy atom. The van der Waals surface area contributed by atoms with E-state index in [1.54, 1.807) is 0 Å². The Morgan fingerprint density at radius 3 is 2.16 bits per heavy atom. The molecule has 7 heteroatoms. The van der Waals surface area contributed by atoms with Crippen LogP contribution < -0.4 is 11.1 Å². The van der Waals surface area contributed by atoms with Crippen molar-refractivity contribution in [1.29, 1.82) is 0 Å². The quantitative estimate of drug-likeness (QED) is 0.684. The Balaban J connectivity index is 1.47. The highest BCUT2D eigenvalue weighted by atomic mass is 16.6. The van der Waals surface area contributed by atoms with E-state index in [9.17, 15) is 9.59 Å². The Kier molecular flexibility index (Phi) is 5.88. The Labute approximate surface area is 189 Å². The third-order valence-electron chi connectivity index (χ3n) is 6.35. The number of amides is 1. The summed E-state index contributed by atoms with van der Waals surface area (Å²) in [4.78, 5) is 25.3. The van der Waals surface area contributed by atoms with Gasteiger partial charge in [-0.1, -0.05) is 12.1 Å². The Hall–Kier alpha value is -2.67. The third kappa shape index (κ3) is 4.88. The predicted molar refractivity (Wildman–Crippen MR) is 124 cm³/mol. The maximum Gasteiger partial charge on any atom is 0.435 e. The molecule has 1 amide bonds. The van der Waals surface area contributed by atoms with Gasteiger partial charge < -0.3 is 15.8 Å². The highest BCUT2D eigenvalue weighted by Crippen LogP contribution is 2.50. The third-order valence-corrected chi connectivity index (χ3v) is 6.35. The van der Waals surface area contributed by atoms with Crippen molar-refractivity contribution in [3.05, 3.63) is 35.7 Å². The summed E-state index contributed by atoms with van der Waals surface area (Å²) in [5, 5.41) is 7.37. The number of ether oxygens (including phenoxy) is 1. The van der Waals surface area contributed by atoms with Crippen LogP contribution in [0.3, 0.4) is 0 Å². The van der Waals surface area contributed by atoms with Crippen LogP contribution in [0.15, 0.2) is 24.3 Å². The summed E-state index contributed by atoms with van der Waals surface area (Å²) in [6.07, 6.45) is 4.31. The number of aromatic nitrogens is 2. The second-order valence-electron chi connectivity index (χ2n) is 10.3. The zero-order chi connectivity index (χ0) is 23.2. The van der Waals surface area contributed by atoms with E-state index < -0.39 is 17.7 Å². The minimum atomic E-state index is -0.595. The Bertz CT molecular complexity index is 999. The second-order valence-corrected chi connectivity index (χ2v) is 10.3. The number of nitrogens with two attached hydrogens (primary N) is 1. The summed E-state index contributed by atoms with van der Waals surface area (Å²) in [7, 11) is 0.